The van der Waals surface area contributed by atoms with Gasteiger partial charge in [0, 0.05) is 5.39 Å². The zero-order chi connectivity index (χ0) is 14.1. The second-order valence-corrected chi connectivity index (χ2v) is 5.68. The molecule has 3 rings (SSSR count). The number of hydrogen-bond acceptors (Lipinski definition) is 2. The van der Waals surface area contributed by atoms with E-state index >= 15 is 0 Å². The minimum absolute atomic E-state index is 0.739. The van der Waals surface area contributed by atoms with Crippen LogP contribution in [0.25, 0.3) is 10.9 Å². The van der Waals surface area contributed by atoms with Crippen LogP contribution < -0.4 is 14.8 Å². The third-order valence-corrected chi connectivity index (χ3v) is 4.07. The van der Waals surface area contributed by atoms with Crippen LogP contribution in [-0.2, 0) is 0 Å². The Labute approximate surface area is 119 Å². The zero-order valence-electron chi connectivity index (χ0n) is 12.0. The van der Waals surface area contributed by atoms with E-state index < -0.39 is 0 Å². The summed E-state index contributed by atoms with van der Waals surface area (Å²) in [6.07, 6.45) is 0. The molecule has 2 heterocycles. The van der Waals surface area contributed by atoms with Gasteiger partial charge in [-0.2, -0.15) is 5.26 Å². The first-order valence-electron chi connectivity index (χ1n) is 7.10. The molecule has 1 aliphatic rings. The molecule has 20 heavy (non-hydrogen) atoms. The van der Waals surface area contributed by atoms with Crippen LogP contribution >= 0.6 is 0 Å². The molecule has 1 aromatic carbocycles. The van der Waals surface area contributed by atoms with Crippen molar-refractivity contribution in [3.8, 4) is 6.07 Å². The number of likely N-dealkylation sites (N-methyl/N-ethyl adjacent to an activating group) is 1. The molecule has 0 unspecified atom stereocenters. The number of rotatable bonds is 1. The molecule has 4 heteroatoms. The smallest absolute Gasteiger partial charge is 0.293 e. The Morgan fingerprint density at radius 2 is 2.00 bits per heavy atom. The second kappa shape index (κ2) is 5.10. The first-order valence-corrected chi connectivity index (χ1v) is 7.10. The molecule has 1 saturated heterocycles. The number of aromatic amines is 1. The fraction of sp³-hybridized carbons (Fsp3) is 0.375. The first-order chi connectivity index (χ1) is 9.67. The van der Waals surface area contributed by atoms with Crippen LogP contribution in [0, 0.1) is 18.3 Å². The fourth-order valence-corrected chi connectivity index (χ4v) is 2.78. The second-order valence-electron chi connectivity index (χ2n) is 5.68. The van der Waals surface area contributed by atoms with Gasteiger partial charge in [-0.3, -0.25) is 0 Å². The van der Waals surface area contributed by atoms with E-state index in [4.69, 9.17) is 0 Å². The molecular weight excluding hydrogens is 248 g/mol. The normalized spacial score (nSPS) is 16.4. The topological polar surface area (TPSA) is 45.6 Å². The van der Waals surface area contributed by atoms with Gasteiger partial charge in [0.15, 0.2) is 0 Å². The number of aromatic nitrogens is 1. The van der Waals surface area contributed by atoms with Gasteiger partial charge in [0.05, 0.1) is 7.05 Å². The maximum absolute atomic E-state index is 9.43. The van der Waals surface area contributed by atoms with Crippen molar-refractivity contribution in [2.24, 2.45) is 0 Å². The molecule has 0 spiro atoms. The van der Waals surface area contributed by atoms with Crippen molar-refractivity contribution in [1.82, 2.24) is 0 Å². The molecule has 0 atom stereocenters. The lowest BCUT2D eigenvalue weighted by molar-refractivity contribution is -0.880. The van der Waals surface area contributed by atoms with Gasteiger partial charge in [0.25, 0.3) is 5.82 Å². The van der Waals surface area contributed by atoms with E-state index in [0.29, 0.717) is 0 Å². The highest BCUT2D eigenvalue weighted by Gasteiger charge is 2.27. The Balaban J connectivity index is 2.06. The summed E-state index contributed by atoms with van der Waals surface area (Å²) in [5.41, 5.74) is 3.05. The van der Waals surface area contributed by atoms with Crippen molar-refractivity contribution >= 4 is 16.7 Å². The molecule has 0 amide bonds. The number of pyridine rings is 1. The van der Waals surface area contributed by atoms with Crippen LogP contribution in [0.4, 0.5) is 5.82 Å². The van der Waals surface area contributed by atoms with Gasteiger partial charge in [-0.05, 0) is 25.1 Å². The first kappa shape index (κ1) is 12.9. The van der Waals surface area contributed by atoms with E-state index in [9.17, 15) is 5.26 Å². The summed E-state index contributed by atoms with van der Waals surface area (Å²) in [5.74, 6) is 0.969. The molecule has 0 bridgehead atoms. The Bertz CT molecular complexity index is 679. The predicted octanol–water partition coefficient (Wildman–Crippen LogP) is 0.169. The minimum Gasteiger partial charge on any atom is -0.331 e. The number of piperazine rings is 1. The number of H-pyrrole nitrogens is 1. The van der Waals surface area contributed by atoms with Crippen LogP contribution in [0.3, 0.4) is 0 Å². The average Bonchev–Trinajstić information content (AvgIpc) is 2.46. The molecular formula is C16H20N4+2. The van der Waals surface area contributed by atoms with E-state index in [-0.39, 0.29) is 0 Å². The number of anilines is 1. The van der Waals surface area contributed by atoms with Crippen molar-refractivity contribution in [3.63, 3.8) is 0 Å². The summed E-state index contributed by atoms with van der Waals surface area (Å²) in [6.45, 7) is 6.29. The van der Waals surface area contributed by atoms with Crippen molar-refractivity contribution < 1.29 is 9.88 Å². The van der Waals surface area contributed by atoms with E-state index in [1.165, 1.54) is 5.56 Å². The molecule has 1 aromatic heterocycles. The van der Waals surface area contributed by atoms with E-state index in [1.807, 2.05) is 6.07 Å². The molecule has 1 fully saturated rings. The lowest BCUT2D eigenvalue weighted by atomic mass is 10.1. The number of hydrogen-bond donors (Lipinski definition) is 1. The zero-order valence-corrected chi connectivity index (χ0v) is 12.0. The highest BCUT2D eigenvalue weighted by Crippen LogP contribution is 2.20. The van der Waals surface area contributed by atoms with Gasteiger partial charge >= 0.3 is 0 Å². The van der Waals surface area contributed by atoms with Gasteiger partial charge < -0.3 is 4.90 Å². The molecule has 4 nitrogen and oxygen atoms in total. The number of nitriles is 1. The quantitative estimate of drug-likeness (QED) is 0.801. The molecule has 2 N–H and O–H groups in total. The number of benzene rings is 1. The number of nitrogens with zero attached hydrogens (tertiary/aromatic N) is 2. The Morgan fingerprint density at radius 3 is 2.70 bits per heavy atom. The maximum atomic E-state index is 9.43. The average molecular weight is 268 g/mol. The SMILES string of the molecule is Cc1ccc2[nH+]c(N3CC[NH+](C)CC3)c(C#N)cc2c1. The lowest BCUT2D eigenvalue weighted by Crippen LogP contribution is -3.12. The van der Waals surface area contributed by atoms with Crippen LogP contribution in [0.5, 0.6) is 0 Å². The van der Waals surface area contributed by atoms with Crippen molar-refractivity contribution in [2.45, 2.75) is 6.92 Å². The number of quaternary nitrogens is 1. The number of aryl methyl sites for hydroxylation is 1. The van der Waals surface area contributed by atoms with Gasteiger partial charge in [0.1, 0.15) is 43.3 Å². The van der Waals surface area contributed by atoms with Crippen LogP contribution in [0.2, 0.25) is 0 Å². The summed E-state index contributed by atoms with van der Waals surface area (Å²) in [7, 11) is 2.22. The Kier molecular flexibility index (Phi) is 3.29. The molecule has 0 radical (unpaired) electrons. The molecule has 1 aliphatic heterocycles. The monoisotopic (exact) mass is 268 g/mol. The minimum atomic E-state index is 0.739. The highest BCUT2D eigenvalue weighted by atomic mass is 15.3. The van der Waals surface area contributed by atoms with Crippen LogP contribution in [0.1, 0.15) is 11.1 Å². The molecule has 102 valence electrons. The highest BCUT2D eigenvalue weighted by molar-refractivity contribution is 5.79. The van der Waals surface area contributed by atoms with Crippen LogP contribution in [-0.4, -0.2) is 33.2 Å². The summed E-state index contributed by atoms with van der Waals surface area (Å²) >= 11 is 0. The molecule has 2 aromatic rings. The third kappa shape index (κ3) is 2.33. The number of fused-ring (bicyclic) bond motifs is 1. The van der Waals surface area contributed by atoms with Crippen molar-refractivity contribution in [2.75, 3.05) is 38.1 Å². The van der Waals surface area contributed by atoms with E-state index in [0.717, 1.165) is 48.5 Å². The molecule has 0 saturated carbocycles. The maximum Gasteiger partial charge on any atom is 0.293 e. The predicted molar refractivity (Wildman–Crippen MR) is 78.8 cm³/mol. The number of nitrogens with one attached hydrogen (secondary N) is 2. The Hall–Kier alpha value is -2.12. The summed E-state index contributed by atoms with van der Waals surface area (Å²) < 4.78 is 0. The van der Waals surface area contributed by atoms with Crippen molar-refractivity contribution in [1.29, 1.82) is 5.26 Å². The van der Waals surface area contributed by atoms with Gasteiger partial charge in [-0.15, -0.1) is 0 Å². The van der Waals surface area contributed by atoms with Gasteiger partial charge in [-0.25, -0.2) is 9.88 Å². The van der Waals surface area contributed by atoms with Crippen molar-refractivity contribution in [3.05, 3.63) is 35.4 Å². The molecule has 0 aliphatic carbocycles. The van der Waals surface area contributed by atoms with Gasteiger partial charge in [0.2, 0.25) is 0 Å². The summed E-state index contributed by atoms with van der Waals surface area (Å²) in [6, 6.07) is 10.6. The summed E-state index contributed by atoms with van der Waals surface area (Å²) in [4.78, 5) is 7.30. The van der Waals surface area contributed by atoms with Crippen LogP contribution in [0.15, 0.2) is 24.3 Å². The van der Waals surface area contributed by atoms with E-state index in [2.05, 4.69) is 48.1 Å². The fourth-order valence-electron chi connectivity index (χ4n) is 2.78. The summed E-state index contributed by atoms with van der Waals surface area (Å²) in [5, 5.41) is 10.5. The van der Waals surface area contributed by atoms with Gasteiger partial charge in [-0.1, -0.05) is 11.6 Å². The Morgan fingerprint density at radius 1 is 1.25 bits per heavy atom. The largest absolute Gasteiger partial charge is 0.331 e. The standard InChI is InChI=1S/C16H18N4/c1-12-3-4-15-13(9-12)10-14(11-17)16(18-15)20-7-5-19(2)6-8-20/h3-4,9-10H,5-8H2,1-2H3/p+2. The van der Waals surface area contributed by atoms with E-state index in [1.54, 1.807) is 4.90 Å². The lowest BCUT2D eigenvalue weighted by Gasteiger charge is -2.26. The third-order valence-electron chi connectivity index (χ3n) is 4.07.